The van der Waals surface area contributed by atoms with Gasteiger partial charge >= 0.3 is 0 Å². The minimum atomic E-state index is 0.500. The second kappa shape index (κ2) is 78.7. The average molecular weight is 1340 g/mol. The number of rotatable bonds is 22. The summed E-state index contributed by atoms with van der Waals surface area (Å²) in [7, 11) is 0. The predicted molar refractivity (Wildman–Crippen MR) is 454 cm³/mol. The van der Waals surface area contributed by atoms with E-state index in [0.29, 0.717) is 16.2 Å². The molecule has 0 heterocycles. The summed E-state index contributed by atoms with van der Waals surface area (Å²) in [5.41, 5.74) is 2.32. The van der Waals surface area contributed by atoms with E-state index < -0.39 is 0 Å². The zero-order valence-electron chi connectivity index (χ0n) is 76.1. The van der Waals surface area contributed by atoms with Crippen LogP contribution in [0.25, 0.3) is 0 Å². The number of hydrogen-bond donors (Lipinski definition) is 0. The summed E-state index contributed by atoms with van der Waals surface area (Å²) < 4.78 is 0. The summed E-state index contributed by atoms with van der Waals surface area (Å²) in [5, 5.41) is 0. The Balaban J connectivity index is -0.000000101. The van der Waals surface area contributed by atoms with E-state index in [-0.39, 0.29) is 0 Å². The lowest BCUT2D eigenvalue weighted by atomic mass is 9.72. The fourth-order valence-corrected chi connectivity index (χ4v) is 10.4. The molecule has 5 atom stereocenters. The van der Waals surface area contributed by atoms with Gasteiger partial charge in [-0.05, 0) is 149 Å². The Hall–Kier alpha value is 0. The normalized spacial score (nSPS) is 18.3. The molecule has 0 amide bonds. The van der Waals surface area contributed by atoms with Crippen molar-refractivity contribution in [3.8, 4) is 0 Å². The molecule has 0 aromatic heterocycles. The van der Waals surface area contributed by atoms with E-state index in [2.05, 4.69) is 291 Å². The minimum absolute atomic E-state index is 0.500. The molecule has 4 aliphatic carbocycles. The van der Waals surface area contributed by atoms with Crippen LogP contribution in [0, 0.1) is 105 Å². The minimum Gasteiger partial charge on any atom is -0.0654 e. The van der Waals surface area contributed by atoms with Gasteiger partial charge in [-0.1, -0.05) is 464 Å². The van der Waals surface area contributed by atoms with E-state index in [1.54, 1.807) is 0 Å². The van der Waals surface area contributed by atoms with Gasteiger partial charge in [-0.3, -0.25) is 0 Å². The van der Waals surface area contributed by atoms with E-state index in [9.17, 15) is 0 Å². The van der Waals surface area contributed by atoms with Crippen LogP contribution in [0.2, 0.25) is 0 Å². The Labute approximate surface area is 610 Å². The summed E-state index contributed by atoms with van der Waals surface area (Å²) in [6, 6.07) is 0. The van der Waals surface area contributed by atoms with Crippen molar-refractivity contribution in [1.29, 1.82) is 0 Å². The van der Waals surface area contributed by atoms with Crippen LogP contribution in [0.1, 0.15) is 509 Å². The first kappa shape index (κ1) is 115. The van der Waals surface area contributed by atoms with Crippen LogP contribution in [-0.2, 0) is 0 Å². The van der Waals surface area contributed by atoms with Gasteiger partial charge in [-0.15, -0.1) is 0 Å². The fraction of sp³-hybridized carbons (Fsp3) is 1.00. The van der Waals surface area contributed by atoms with Gasteiger partial charge in [0.25, 0.3) is 0 Å². The maximum atomic E-state index is 2.34. The topological polar surface area (TPSA) is 0 Å². The summed E-state index contributed by atoms with van der Waals surface area (Å²) >= 11 is 0. The molecule has 0 aliphatic heterocycles. The van der Waals surface area contributed by atoms with Gasteiger partial charge in [0.05, 0.1) is 0 Å². The molecule has 4 saturated carbocycles. The van der Waals surface area contributed by atoms with E-state index in [0.717, 1.165) is 88.3 Å². The average Bonchev–Trinajstić information content (AvgIpc) is 1.07. The van der Waals surface area contributed by atoms with E-state index in [1.165, 1.54) is 218 Å². The van der Waals surface area contributed by atoms with Gasteiger partial charge in [0.1, 0.15) is 0 Å². The van der Waals surface area contributed by atoms with Crippen LogP contribution < -0.4 is 0 Å². The first-order valence-corrected chi connectivity index (χ1v) is 43.1. The number of hydrogen-bond acceptors (Lipinski definition) is 0. The zero-order chi connectivity index (χ0) is 76.1. The van der Waals surface area contributed by atoms with Gasteiger partial charge in [0.15, 0.2) is 0 Å². The lowest BCUT2D eigenvalue weighted by molar-refractivity contribution is 0.190. The van der Waals surface area contributed by atoms with Gasteiger partial charge < -0.3 is 0 Å². The standard InChI is InChI=1S/10C7H16.4C6H12/c1-6(2)7(3,4)5;1-6(2)5-7(3)4;2*1-5-6-7(2,3)4;1-5-7(4)6(2)3;2*1-4-5-6-7(2)3;2*1-4-6-7(3)5-2;1-3-5-7-6-4-2;1-5-3-6(2)4-5;1-6(2)4-3-5-6;1-5-3-4-6(5)2;1-6-4-2-3-5-6/h6H,1-5H3;6-7H,5H2,1-4H3;2*5-6H2,1-4H3;6-7H,5H2,1-4H3;4*7H,4-6H2,1-3H3;3-7H2,1-2H3;5-6H,3-4H2,1-2H3;3-5H2,1-2H3;5-6H,3-4H2,1-2H3;6H,2-5H2,1H3/t;;;;7-;;;7-;;;;;5-,6?;/m....0..1....1./s1. The van der Waals surface area contributed by atoms with Crippen molar-refractivity contribution in [2.24, 2.45) is 105 Å². The van der Waals surface area contributed by atoms with Gasteiger partial charge in [0.2, 0.25) is 0 Å². The van der Waals surface area contributed by atoms with E-state index >= 15 is 0 Å². The predicted octanol–water partition coefficient (Wildman–Crippen LogP) is 36.5. The highest BCUT2D eigenvalue weighted by Crippen LogP contribution is 2.39. The maximum absolute atomic E-state index is 2.34. The molecule has 2 unspecified atom stereocenters. The Morgan fingerprint density at radius 2 is 0.638 bits per heavy atom. The SMILES string of the molecule is CC(C)C(C)(C)C.CC(C)CC(C)C.CC1(C)CCC1.CC1CC(C)C1.CC1CCCC1.CC1CC[C@H]1C.CCCC(C)(C)C.CCCC(C)(C)C.CCCC(C)CC.CCCCC(C)C.CCCCC(C)C.CCCCCCC.CCC[C@H](C)CC.CC[C@H](C)C(C)C. The van der Waals surface area contributed by atoms with Crippen LogP contribution in [0.5, 0.6) is 0 Å². The maximum Gasteiger partial charge on any atom is -0.0354 e. The molecule has 4 aliphatic rings. The first-order valence-electron chi connectivity index (χ1n) is 43.1. The van der Waals surface area contributed by atoms with Gasteiger partial charge in [-0.2, -0.15) is 0 Å². The van der Waals surface area contributed by atoms with Gasteiger partial charge in [0, 0.05) is 0 Å². The zero-order valence-corrected chi connectivity index (χ0v) is 76.1. The molecule has 0 N–H and O–H groups in total. The van der Waals surface area contributed by atoms with Gasteiger partial charge in [-0.25, -0.2) is 0 Å². The highest BCUT2D eigenvalue weighted by Gasteiger charge is 2.25. The third-order valence-corrected chi connectivity index (χ3v) is 19.9. The quantitative estimate of drug-likeness (QED) is 0.0948. The van der Waals surface area contributed by atoms with Crippen molar-refractivity contribution in [2.45, 2.75) is 509 Å². The molecule has 0 saturated heterocycles. The molecule has 0 aromatic rings. The highest BCUT2D eigenvalue weighted by atomic mass is 14.3. The summed E-state index contributed by atoms with van der Waals surface area (Å²) in [6.45, 7) is 95.5. The van der Waals surface area contributed by atoms with Crippen molar-refractivity contribution in [2.75, 3.05) is 0 Å². The molecular formula is C94H208. The molecule has 0 bridgehead atoms. The molecule has 94 heavy (non-hydrogen) atoms. The van der Waals surface area contributed by atoms with Crippen LogP contribution in [0.4, 0.5) is 0 Å². The Bertz CT molecular complexity index is 1200. The van der Waals surface area contributed by atoms with Crippen molar-refractivity contribution < 1.29 is 0 Å². The van der Waals surface area contributed by atoms with Crippen LogP contribution in [0.3, 0.4) is 0 Å². The lowest BCUT2D eigenvalue weighted by Crippen LogP contribution is -2.20. The fourth-order valence-electron chi connectivity index (χ4n) is 10.4. The Morgan fingerprint density at radius 3 is 0.691 bits per heavy atom. The highest BCUT2D eigenvalue weighted by molar-refractivity contribution is 4.77. The van der Waals surface area contributed by atoms with Crippen molar-refractivity contribution in [1.82, 2.24) is 0 Å². The smallest absolute Gasteiger partial charge is 0.0354 e. The van der Waals surface area contributed by atoms with Crippen molar-refractivity contribution in [3.05, 3.63) is 0 Å². The molecule has 0 aromatic carbocycles. The lowest BCUT2D eigenvalue weighted by Gasteiger charge is -2.33. The largest absolute Gasteiger partial charge is 0.0654 e. The van der Waals surface area contributed by atoms with Crippen molar-refractivity contribution >= 4 is 0 Å². The van der Waals surface area contributed by atoms with Crippen LogP contribution in [-0.4, -0.2) is 0 Å². The van der Waals surface area contributed by atoms with E-state index in [4.69, 9.17) is 0 Å². The molecule has 4 fully saturated rings. The summed E-state index contributed by atoms with van der Waals surface area (Å²) in [4.78, 5) is 0. The second-order valence-electron chi connectivity index (χ2n) is 38.2. The first-order chi connectivity index (χ1) is 43.1. The van der Waals surface area contributed by atoms with Crippen molar-refractivity contribution in [3.63, 3.8) is 0 Å². The third kappa shape index (κ3) is 125. The summed E-state index contributed by atoms with van der Waals surface area (Å²) in [5.74, 6) is 13.2. The molecule has 0 heteroatoms. The summed E-state index contributed by atoms with van der Waals surface area (Å²) in [6.07, 6.45) is 47.6. The van der Waals surface area contributed by atoms with Crippen LogP contribution >= 0.6 is 0 Å². The second-order valence-corrected chi connectivity index (χ2v) is 38.2. The number of unbranched alkanes of at least 4 members (excludes halogenated alkanes) is 6. The molecular weight excluding hydrogens is 1130 g/mol. The monoisotopic (exact) mass is 1340 g/mol. The Kier molecular flexibility index (Phi) is 96.5. The molecule has 0 spiro atoms. The molecule has 4 rings (SSSR count). The molecule has 0 nitrogen and oxygen atoms in total. The third-order valence-electron chi connectivity index (χ3n) is 19.9. The van der Waals surface area contributed by atoms with E-state index in [1.807, 2.05) is 0 Å². The molecule has 584 valence electrons. The molecule has 0 radical (unpaired) electrons. The van der Waals surface area contributed by atoms with Crippen LogP contribution in [0.15, 0.2) is 0 Å². The Morgan fingerprint density at radius 1 is 0.340 bits per heavy atom.